The van der Waals surface area contributed by atoms with Crippen LogP contribution in [-0.2, 0) is 11.2 Å². The number of nitrogens with zero attached hydrogens (tertiary/aromatic N) is 3. The highest BCUT2D eigenvalue weighted by Gasteiger charge is 2.38. The number of rotatable bonds is 2. The van der Waals surface area contributed by atoms with E-state index in [1.54, 1.807) is 12.3 Å². The van der Waals surface area contributed by atoms with E-state index in [-0.39, 0.29) is 17.7 Å². The van der Waals surface area contributed by atoms with Crippen molar-refractivity contribution < 1.29 is 32.2 Å². The Balaban J connectivity index is 0.000000344. The number of aliphatic carboxylic acids is 1. The van der Waals surface area contributed by atoms with Crippen molar-refractivity contribution in [2.45, 2.75) is 18.5 Å². The number of alkyl halides is 3. The molecule has 0 fully saturated rings. The van der Waals surface area contributed by atoms with Crippen LogP contribution in [0.1, 0.15) is 17.3 Å². The lowest BCUT2D eigenvalue weighted by atomic mass is 9.96. The summed E-state index contributed by atoms with van der Waals surface area (Å²) in [6.07, 6.45) is -2.77. The van der Waals surface area contributed by atoms with Gasteiger partial charge in [-0.15, -0.1) is 0 Å². The number of fused-ring (bicyclic) bond motifs is 2. The number of halogens is 4. The topological polar surface area (TPSA) is 127 Å². The molecule has 2 aromatic carbocycles. The van der Waals surface area contributed by atoms with Gasteiger partial charge in [0.25, 0.3) is 0 Å². The number of hydrogen-bond donors (Lipinski definition) is 3. The number of carboxylic acid groups (broad SMARTS) is 1. The second-order valence-corrected chi connectivity index (χ2v) is 7.42. The SMILES string of the molecule is Nc1nccc(-c2ccc3nc(C4COc5ccc(F)cc5C4)[nH]c3c2)n1.O=C(O)C(F)(F)F. The van der Waals surface area contributed by atoms with E-state index < -0.39 is 12.1 Å². The number of benzene rings is 2. The molecule has 0 radical (unpaired) electrons. The molecule has 12 heteroatoms. The predicted octanol–water partition coefficient (Wildman–Crippen LogP) is 4.09. The number of carboxylic acids is 1. The van der Waals surface area contributed by atoms with Gasteiger partial charge in [0.2, 0.25) is 5.95 Å². The van der Waals surface area contributed by atoms with Crippen molar-refractivity contribution in [3.05, 3.63) is 65.9 Å². The van der Waals surface area contributed by atoms with E-state index in [4.69, 9.17) is 25.4 Å². The Morgan fingerprint density at radius 2 is 1.91 bits per heavy atom. The van der Waals surface area contributed by atoms with Gasteiger partial charge >= 0.3 is 12.1 Å². The van der Waals surface area contributed by atoms with Crippen LogP contribution in [0.5, 0.6) is 5.75 Å². The van der Waals surface area contributed by atoms with Crippen LogP contribution in [-0.4, -0.2) is 43.8 Å². The van der Waals surface area contributed by atoms with Crippen LogP contribution in [0.3, 0.4) is 0 Å². The summed E-state index contributed by atoms with van der Waals surface area (Å²) >= 11 is 0. The van der Waals surface area contributed by atoms with Crippen molar-refractivity contribution in [3.8, 4) is 17.0 Å². The molecule has 2 aromatic heterocycles. The van der Waals surface area contributed by atoms with E-state index in [0.29, 0.717) is 13.0 Å². The third-order valence-corrected chi connectivity index (χ3v) is 5.03. The molecule has 5 rings (SSSR count). The molecule has 34 heavy (non-hydrogen) atoms. The van der Waals surface area contributed by atoms with E-state index in [2.05, 4.69) is 15.0 Å². The number of nitrogens with two attached hydrogens (primary N) is 1. The molecule has 0 spiro atoms. The molecule has 0 saturated heterocycles. The zero-order chi connectivity index (χ0) is 24.5. The monoisotopic (exact) mass is 475 g/mol. The van der Waals surface area contributed by atoms with Crippen molar-refractivity contribution in [2.75, 3.05) is 12.3 Å². The number of ether oxygens (including phenoxy) is 1. The van der Waals surface area contributed by atoms with Gasteiger partial charge in [-0.05, 0) is 48.4 Å². The standard InChI is InChI=1S/C20H16FN5O.C2HF3O2/c21-14-2-4-18-12(8-14)7-13(10-27-18)19-24-16-3-1-11(9-17(16)25-19)15-5-6-23-20(22)26-15;3-2(4,5)1(6)7/h1-6,8-9,13H,7,10H2,(H,24,25)(H2,22,23,26);(H,6,7). The average Bonchev–Trinajstić information content (AvgIpc) is 3.22. The van der Waals surface area contributed by atoms with Crippen molar-refractivity contribution >= 4 is 23.0 Å². The third kappa shape index (κ3) is 5.05. The molecule has 0 amide bonds. The number of hydrogen-bond acceptors (Lipinski definition) is 6. The first-order valence-corrected chi connectivity index (χ1v) is 9.90. The van der Waals surface area contributed by atoms with Gasteiger partial charge in [0, 0.05) is 11.8 Å². The van der Waals surface area contributed by atoms with Crippen LogP contribution < -0.4 is 10.5 Å². The quantitative estimate of drug-likeness (QED) is 0.373. The minimum atomic E-state index is -5.08. The van der Waals surface area contributed by atoms with Gasteiger partial charge in [-0.1, -0.05) is 6.07 Å². The number of nitrogens with one attached hydrogen (secondary N) is 1. The van der Waals surface area contributed by atoms with Gasteiger partial charge in [-0.3, -0.25) is 0 Å². The molecule has 3 heterocycles. The molecule has 1 aliphatic heterocycles. The molecule has 0 aliphatic carbocycles. The molecule has 176 valence electrons. The number of H-pyrrole nitrogens is 1. The summed E-state index contributed by atoms with van der Waals surface area (Å²) in [5.74, 6) is -1.15. The van der Waals surface area contributed by atoms with Crippen LogP contribution in [0.15, 0.2) is 48.7 Å². The molecule has 8 nitrogen and oxygen atoms in total. The zero-order valence-corrected chi connectivity index (χ0v) is 17.3. The fourth-order valence-electron chi connectivity index (χ4n) is 3.46. The van der Waals surface area contributed by atoms with Crippen molar-refractivity contribution in [1.82, 2.24) is 19.9 Å². The van der Waals surface area contributed by atoms with E-state index in [1.807, 2.05) is 24.3 Å². The van der Waals surface area contributed by atoms with Crippen LogP contribution in [0.2, 0.25) is 0 Å². The van der Waals surface area contributed by atoms with E-state index in [0.717, 1.165) is 39.4 Å². The first-order valence-electron chi connectivity index (χ1n) is 9.90. The lowest BCUT2D eigenvalue weighted by Gasteiger charge is -2.23. The molecule has 0 bridgehead atoms. The smallest absolute Gasteiger partial charge is 0.490 e. The zero-order valence-electron chi connectivity index (χ0n) is 17.3. The largest absolute Gasteiger partial charge is 0.493 e. The van der Waals surface area contributed by atoms with Crippen LogP contribution >= 0.6 is 0 Å². The maximum absolute atomic E-state index is 13.5. The summed E-state index contributed by atoms with van der Waals surface area (Å²) in [4.78, 5) is 25.1. The lowest BCUT2D eigenvalue weighted by molar-refractivity contribution is -0.192. The van der Waals surface area contributed by atoms with Crippen molar-refractivity contribution in [3.63, 3.8) is 0 Å². The average molecular weight is 475 g/mol. The Labute approximate surface area is 189 Å². The molecule has 4 N–H and O–H groups in total. The number of aromatic nitrogens is 4. The minimum Gasteiger partial charge on any atom is -0.493 e. The normalized spacial score (nSPS) is 15.1. The molecule has 1 atom stereocenters. The highest BCUT2D eigenvalue weighted by atomic mass is 19.4. The molecule has 0 saturated carbocycles. The van der Waals surface area contributed by atoms with Crippen molar-refractivity contribution in [2.24, 2.45) is 0 Å². The number of anilines is 1. The predicted molar refractivity (Wildman–Crippen MR) is 114 cm³/mol. The second-order valence-electron chi connectivity index (χ2n) is 7.42. The third-order valence-electron chi connectivity index (χ3n) is 5.03. The highest BCUT2D eigenvalue weighted by Crippen LogP contribution is 2.33. The van der Waals surface area contributed by atoms with Gasteiger partial charge in [-0.25, -0.2) is 24.1 Å². The van der Waals surface area contributed by atoms with Gasteiger partial charge in [0.1, 0.15) is 17.4 Å². The van der Waals surface area contributed by atoms with E-state index in [9.17, 15) is 17.6 Å². The summed E-state index contributed by atoms with van der Waals surface area (Å²) < 4.78 is 51.1. The summed E-state index contributed by atoms with van der Waals surface area (Å²) in [7, 11) is 0. The maximum Gasteiger partial charge on any atom is 0.490 e. The highest BCUT2D eigenvalue weighted by molar-refractivity contribution is 5.81. The van der Waals surface area contributed by atoms with Gasteiger partial charge in [-0.2, -0.15) is 13.2 Å². The van der Waals surface area contributed by atoms with E-state index >= 15 is 0 Å². The molecule has 1 unspecified atom stereocenters. The summed E-state index contributed by atoms with van der Waals surface area (Å²) in [6, 6.07) is 12.3. The van der Waals surface area contributed by atoms with Crippen LogP contribution in [0.4, 0.5) is 23.5 Å². The molecule has 1 aliphatic rings. The number of aromatic amines is 1. The first kappa shape index (κ1) is 23.0. The molecular weight excluding hydrogens is 458 g/mol. The van der Waals surface area contributed by atoms with Gasteiger partial charge in [0.05, 0.1) is 29.3 Å². The maximum atomic E-state index is 13.5. The first-order chi connectivity index (χ1) is 16.1. The Morgan fingerprint density at radius 1 is 1.15 bits per heavy atom. The Morgan fingerprint density at radius 3 is 2.62 bits per heavy atom. The fourth-order valence-corrected chi connectivity index (χ4v) is 3.46. The lowest BCUT2D eigenvalue weighted by Crippen LogP contribution is -2.21. The van der Waals surface area contributed by atoms with Gasteiger partial charge < -0.3 is 20.6 Å². The number of carbonyl (C=O) groups is 1. The fraction of sp³-hybridized carbons (Fsp3) is 0.182. The van der Waals surface area contributed by atoms with E-state index in [1.165, 1.54) is 12.1 Å². The Kier molecular flexibility index (Phi) is 6.05. The van der Waals surface area contributed by atoms with Gasteiger partial charge in [0.15, 0.2) is 0 Å². The number of nitrogen functional groups attached to an aromatic ring is 1. The van der Waals surface area contributed by atoms with Crippen molar-refractivity contribution in [1.29, 1.82) is 0 Å². The molecular formula is C22H17F4N5O3. The summed E-state index contributed by atoms with van der Waals surface area (Å²) in [5, 5.41) is 7.12. The van der Waals surface area contributed by atoms with Crippen LogP contribution in [0, 0.1) is 5.82 Å². The Hall–Kier alpha value is -4.22. The molecule has 4 aromatic rings. The second kappa shape index (κ2) is 8.96. The minimum absolute atomic E-state index is 0.0462. The number of imidazole rings is 1. The summed E-state index contributed by atoms with van der Waals surface area (Å²) in [6.45, 7) is 0.508. The summed E-state index contributed by atoms with van der Waals surface area (Å²) in [5.41, 5.74) is 10.00. The van der Waals surface area contributed by atoms with Crippen LogP contribution in [0.25, 0.3) is 22.3 Å². The Bertz CT molecular complexity index is 1360.